The molecule has 0 saturated carbocycles. The number of hydrogen-bond donors (Lipinski definition) is 3. The van der Waals surface area contributed by atoms with Crippen molar-refractivity contribution in [2.75, 3.05) is 13.2 Å². The molecule has 1 heterocycles. The largest absolute Gasteiger partial charge is 0.494 e. The molecule has 3 N–H and O–H groups in total. The summed E-state index contributed by atoms with van der Waals surface area (Å²) < 4.78 is 11.7. The third-order valence-corrected chi connectivity index (χ3v) is 7.00. The molecule has 0 spiro atoms. The van der Waals surface area contributed by atoms with Crippen LogP contribution in [0.25, 0.3) is 21.8 Å². The molecule has 0 unspecified atom stereocenters. The van der Waals surface area contributed by atoms with Gasteiger partial charge in [0.2, 0.25) is 0 Å². The number of amidine groups is 1. The van der Waals surface area contributed by atoms with Crippen molar-refractivity contribution in [1.82, 2.24) is 10.5 Å². The van der Waals surface area contributed by atoms with Crippen molar-refractivity contribution < 1.29 is 14.7 Å². The van der Waals surface area contributed by atoms with Crippen LogP contribution in [0, 0.1) is 5.41 Å². The molecule has 0 aliphatic heterocycles. The molecule has 0 fully saturated rings. The van der Waals surface area contributed by atoms with Crippen LogP contribution >= 0.6 is 11.3 Å². The molecule has 0 amide bonds. The van der Waals surface area contributed by atoms with Crippen LogP contribution in [0.4, 0.5) is 0 Å². The van der Waals surface area contributed by atoms with E-state index in [1.165, 1.54) is 4.88 Å². The highest BCUT2D eigenvalue weighted by atomic mass is 32.1. The topological polar surface area (TPSA) is 87.5 Å². The second kappa shape index (κ2) is 12.9. The SMILES string of the molecule is CCc1sc(-c2ccccc2)nc1-c1ccc(OCCCCCOc2ccc(C(=N)NO)cc2)cc1. The van der Waals surface area contributed by atoms with E-state index in [2.05, 4.69) is 31.2 Å². The summed E-state index contributed by atoms with van der Waals surface area (Å²) >= 11 is 1.76. The molecular formula is C29H31N3O3S. The molecule has 0 bridgehead atoms. The van der Waals surface area contributed by atoms with E-state index in [1.54, 1.807) is 35.6 Å². The molecule has 36 heavy (non-hydrogen) atoms. The maximum atomic E-state index is 8.77. The Kier molecular flexibility index (Phi) is 9.08. The van der Waals surface area contributed by atoms with Crippen molar-refractivity contribution >= 4 is 17.2 Å². The van der Waals surface area contributed by atoms with E-state index in [0.29, 0.717) is 18.8 Å². The monoisotopic (exact) mass is 501 g/mol. The predicted octanol–water partition coefficient (Wildman–Crippen LogP) is 6.97. The molecule has 0 aliphatic carbocycles. The number of aromatic nitrogens is 1. The predicted molar refractivity (Wildman–Crippen MR) is 145 cm³/mol. The summed E-state index contributed by atoms with van der Waals surface area (Å²) in [5.41, 5.74) is 5.77. The number of ether oxygens (including phenoxy) is 2. The third-order valence-electron chi connectivity index (χ3n) is 5.75. The average Bonchev–Trinajstić information content (AvgIpc) is 3.38. The molecule has 4 aromatic rings. The minimum absolute atomic E-state index is 0.0396. The summed E-state index contributed by atoms with van der Waals surface area (Å²) in [7, 11) is 0. The lowest BCUT2D eigenvalue weighted by atomic mass is 10.1. The number of nitrogens with zero attached hydrogens (tertiary/aromatic N) is 1. The zero-order valence-electron chi connectivity index (χ0n) is 20.4. The van der Waals surface area contributed by atoms with Gasteiger partial charge in [-0.15, -0.1) is 11.3 Å². The summed E-state index contributed by atoms with van der Waals surface area (Å²) in [4.78, 5) is 6.23. The van der Waals surface area contributed by atoms with Gasteiger partial charge in [0.25, 0.3) is 0 Å². The first-order chi connectivity index (χ1) is 17.7. The lowest BCUT2D eigenvalue weighted by Crippen LogP contribution is -2.18. The first-order valence-electron chi connectivity index (χ1n) is 12.2. The second-order valence-electron chi connectivity index (χ2n) is 8.30. The van der Waals surface area contributed by atoms with E-state index in [1.807, 2.05) is 35.8 Å². The molecular weight excluding hydrogens is 470 g/mol. The van der Waals surface area contributed by atoms with Crippen molar-refractivity contribution in [3.8, 4) is 33.3 Å². The summed E-state index contributed by atoms with van der Waals surface area (Å²) in [6.07, 6.45) is 3.86. The number of thiazole rings is 1. The van der Waals surface area contributed by atoms with E-state index < -0.39 is 0 Å². The van der Waals surface area contributed by atoms with Crippen LogP contribution in [0.5, 0.6) is 11.5 Å². The zero-order valence-corrected chi connectivity index (χ0v) is 21.2. The van der Waals surface area contributed by atoms with Gasteiger partial charge in [0.05, 0.1) is 18.9 Å². The van der Waals surface area contributed by atoms with Crippen LogP contribution in [-0.4, -0.2) is 29.2 Å². The second-order valence-corrected chi connectivity index (χ2v) is 9.39. The molecule has 6 nitrogen and oxygen atoms in total. The number of rotatable bonds is 12. The number of nitrogens with one attached hydrogen (secondary N) is 2. The van der Waals surface area contributed by atoms with Crippen LogP contribution in [0.15, 0.2) is 78.9 Å². The van der Waals surface area contributed by atoms with E-state index in [-0.39, 0.29) is 5.84 Å². The molecule has 1 aromatic heterocycles. The van der Waals surface area contributed by atoms with Gasteiger partial charge < -0.3 is 9.47 Å². The number of aryl methyl sites for hydroxylation is 1. The standard InChI is InChI=1S/C29H31N3O3S/c1-2-26-27(31-29(36-26)23-9-5-3-6-10-23)21-11-15-24(16-12-21)34-19-7-4-8-20-35-25-17-13-22(14-18-25)28(30)32-33/h3,5-6,9-18,33H,2,4,7-8,19-20H2,1H3,(H2,30,32). The van der Waals surface area contributed by atoms with Gasteiger partial charge in [-0.05, 0) is 74.2 Å². The van der Waals surface area contributed by atoms with Gasteiger partial charge in [0.15, 0.2) is 0 Å². The summed E-state index contributed by atoms with van der Waals surface area (Å²) in [6.45, 7) is 3.47. The molecule has 0 saturated heterocycles. The van der Waals surface area contributed by atoms with Crippen LogP contribution in [-0.2, 0) is 6.42 Å². The summed E-state index contributed by atoms with van der Waals surface area (Å²) in [6, 6.07) is 25.6. The van der Waals surface area contributed by atoms with Crippen LogP contribution < -0.4 is 15.0 Å². The Morgan fingerprint density at radius 2 is 1.44 bits per heavy atom. The fourth-order valence-corrected chi connectivity index (χ4v) is 4.80. The molecule has 0 radical (unpaired) electrons. The molecule has 0 aliphatic rings. The normalized spacial score (nSPS) is 10.7. The number of hydroxylamine groups is 1. The van der Waals surface area contributed by atoms with Gasteiger partial charge in [0, 0.05) is 21.6 Å². The first kappa shape index (κ1) is 25.4. The lowest BCUT2D eigenvalue weighted by molar-refractivity contribution is 0.234. The van der Waals surface area contributed by atoms with E-state index in [0.717, 1.165) is 59.0 Å². The van der Waals surface area contributed by atoms with Gasteiger partial charge in [-0.1, -0.05) is 37.3 Å². The Morgan fingerprint density at radius 3 is 2.03 bits per heavy atom. The number of benzene rings is 3. The van der Waals surface area contributed by atoms with Crippen molar-refractivity contribution in [1.29, 1.82) is 5.41 Å². The van der Waals surface area contributed by atoms with Crippen LogP contribution in [0.2, 0.25) is 0 Å². The molecule has 4 rings (SSSR count). The summed E-state index contributed by atoms with van der Waals surface area (Å²) in [5, 5.41) is 17.4. The lowest BCUT2D eigenvalue weighted by Gasteiger charge is -2.09. The van der Waals surface area contributed by atoms with Gasteiger partial charge in [-0.2, -0.15) is 0 Å². The fraction of sp³-hybridized carbons (Fsp3) is 0.241. The molecule has 0 atom stereocenters. The maximum absolute atomic E-state index is 8.77. The quantitative estimate of drug-likeness (QED) is 0.0844. The van der Waals surface area contributed by atoms with Crippen LogP contribution in [0.1, 0.15) is 36.6 Å². The summed E-state index contributed by atoms with van der Waals surface area (Å²) in [5.74, 6) is 1.58. The van der Waals surface area contributed by atoms with Crippen molar-refractivity contribution in [2.24, 2.45) is 0 Å². The smallest absolute Gasteiger partial charge is 0.149 e. The highest BCUT2D eigenvalue weighted by molar-refractivity contribution is 7.15. The minimum Gasteiger partial charge on any atom is -0.494 e. The van der Waals surface area contributed by atoms with Gasteiger partial charge >= 0.3 is 0 Å². The highest BCUT2D eigenvalue weighted by Crippen LogP contribution is 2.34. The Labute approximate surface area is 216 Å². The average molecular weight is 502 g/mol. The Hall–Kier alpha value is -3.68. The Bertz CT molecular complexity index is 1240. The Morgan fingerprint density at radius 1 is 0.833 bits per heavy atom. The minimum atomic E-state index is -0.0396. The zero-order chi connectivity index (χ0) is 25.2. The fourth-order valence-electron chi connectivity index (χ4n) is 3.77. The number of unbranched alkanes of at least 4 members (excludes halogenated alkanes) is 2. The molecule has 3 aromatic carbocycles. The molecule has 186 valence electrons. The highest BCUT2D eigenvalue weighted by Gasteiger charge is 2.13. The van der Waals surface area contributed by atoms with Gasteiger partial charge in [-0.3, -0.25) is 16.1 Å². The molecule has 7 heteroatoms. The van der Waals surface area contributed by atoms with Crippen molar-refractivity contribution in [2.45, 2.75) is 32.6 Å². The van der Waals surface area contributed by atoms with Crippen molar-refractivity contribution in [3.63, 3.8) is 0 Å². The Balaban J connectivity index is 1.19. The van der Waals surface area contributed by atoms with Gasteiger partial charge in [0.1, 0.15) is 22.3 Å². The van der Waals surface area contributed by atoms with Gasteiger partial charge in [-0.25, -0.2) is 4.98 Å². The number of hydrogen-bond acceptors (Lipinski definition) is 6. The van der Waals surface area contributed by atoms with E-state index in [4.69, 9.17) is 25.1 Å². The maximum Gasteiger partial charge on any atom is 0.149 e. The third kappa shape index (κ3) is 6.71. The van der Waals surface area contributed by atoms with E-state index in [9.17, 15) is 0 Å². The van der Waals surface area contributed by atoms with Crippen molar-refractivity contribution in [3.05, 3.63) is 89.3 Å². The first-order valence-corrected chi connectivity index (χ1v) is 13.0. The van der Waals surface area contributed by atoms with E-state index >= 15 is 0 Å². The van der Waals surface area contributed by atoms with Crippen LogP contribution in [0.3, 0.4) is 0 Å².